The summed E-state index contributed by atoms with van der Waals surface area (Å²) in [6.45, 7) is 2.48. The zero-order chi connectivity index (χ0) is 11.1. The molecule has 1 atom stereocenters. The van der Waals surface area contributed by atoms with Crippen LogP contribution in [-0.4, -0.2) is 33.0 Å². The topological polar surface area (TPSA) is 90.4 Å². The number of nitrogens with zero attached hydrogens (tertiary/aromatic N) is 3. The summed E-state index contributed by atoms with van der Waals surface area (Å²) in [5, 5.41) is 23.6. The highest BCUT2D eigenvalue weighted by Gasteiger charge is 2.35. The summed E-state index contributed by atoms with van der Waals surface area (Å²) in [5.74, 6) is 0.172. The van der Waals surface area contributed by atoms with Crippen LogP contribution in [0.1, 0.15) is 6.92 Å². The molecule has 0 saturated heterocycles. The van der Waals surface area contributed by atoms with Crippen molar-refractivity contribution in [2.75, 3.05) is 13.2 Å². The van der Waals surface area contributed by atoms with Gasteiger partial charge in [-0.1, -0.05) is 6.92 Å². The summed E-state index contributed by atoms with van der Waals surface area (Å²) in [5.41, 5.74) is -0.553. The Morgan fingerprint density at radius 2 is 2.60 bits per heavy atom. The molecule has 1 unspecified atom stereocenters. The standard InChI is InChI=1S/C8H11N3O4/c1-8(4-12)3-10-7(15-5-8)6(2-9-10)11(13)14/h2,12H,3-5H2,1H3. The van der Waals surface area contributed by atoms with Gasteiger partial charge in [-0.3, -0.25) is 10.1 Å². The van der Waals surface area contributed by atoms with E-state index in [9.17, 15) is 10.1 Å². The predicted molar refractivity (Wildman–Crippen MR) is 49.6 cm³/mol. The van der Waals surface area contributed by atoms with E-state index in [0.717, 1.165) is 0 Å². The minimum Gasteiger partial charge on any atom is -0.472 e. The van der Waals surface area contributed by atoms with Crippen molar-refractivity contribution < 1.29 is 14.8 Å². The zero-order valence-electron chi connectivity index (χ0n) is 8.21. The lowest BCUT2D eigenvalue weighted by atomic mass is 9.92. The Morgan fingerprint density at radius 1 is 1.87 bits per heavy atom. The van der Waals surface area contributed by atoms with Gasteiger partial charge in [0.25, 0.3) is 5.88 Å². The fraction of sp³-hybridized carbons (Fsp3) is 0.625. The summed E-state index contributed by atoms with van der Waals surface area (Å²) < 4.78 is 6.68. The number of hydrogen-bond acceptors (Lipinski definition) is 5. The molecule has 0 saturated carbocycles. The molecule has 0 aromatic carbocycles. The second-order valence-electron chi connectivity index (χ2n) is 4.01. The largest absolute Gasteiger partial charge is 0.472 e. The van der Waals surface area contributed by atoms with Gasteiger partial charge in [0.05, 0.1) is 24.7 Å². The van der Waals surface area contributed by atoms with E-state index < -0.39 is 10.3 Å². The molecule has 0 spiro atoms. The van der Waals surface area contributed by atoms with Gasteiger partial charge < -0.3 is 9.84 Å². The van der Waals surface area contributed by atoms with Crippen LogP contribution in [0.5, 0.6) is 5.88 Å². The van der Waals surface area contributed by atoms with Gasteiger partial charge in [-0.2, -0.15) is 5.10 Å². The molecule has 1 aromatic heterocycles. The van der Waals surface area contributed by atoms with E-state index in [1.807, 2.05) is 6.92 Å². The van der Waals surface area contributed by atoms with Crippen LogP contribution in [0.15, 0.2) is 6.20 Å². The van der Waals surface area contributed by atoms with Crippen LogP contribution in [0.2, 0.25) is 0 Å². The number of aromatic nitrogens is 2. The number of fused-ring (bicyclic) bond motifs is 1. The fourth-order valence-corrected chi connectivity index (χ4v) is 1.50. The van der Waals surface area contributed by atoms with Crippen LogP contribution >= 0.6 is 0 Å². The lowest BCUT2D eigenvalue weighted by Gasteiger charge is -2.31. The average Bonchev–Trinajstić information content (AvgIpc) is 2.60. The van der Waals surface area contributed by atoms with Crippen LogP contribution in [-0.2, 0) is 6.54 Å². The zero-order valence-corrected chi connectivity index (χ0v) is 8.21. The fourth-order valence-electron chi connectivity index (χ4n) is 1.50. The molecule has 1 aliphatic heterocycles. The summed E-state index contributed by atoms with van der Waals surface area (Å²) in [7, 11) is 0. The molecule has 0 fully saturated rings. The van der Waals surface area contributed by atoms with E-state index in [0.29, 0.717) is 6.54 Å². The van der Waals surface area contributed by atoms with Gasteiger partial charge in [0.2, 0.25) is 0 Å². The van der Waals surface area contributed by atoms with Crippen molar-refractivity contribution in [2.24, 2.45) is 5.41 Å². The maximum absolute atomic E-state index is 10.6. The second-order valence-corrected chi connectivity index (χ2v) is 4.01. The molecule has 1 aliphatic rings. The molecule has 0 amide bonds. The molecule has 0 radical (unpaired) electrons. The van der Waals surface area contributed by atoms with E-state index >= 15 is 0 Å². The minimum absolute atomic E-state index is 0.0416. The quantitative estimate of drug-likeness (QED) is 0.559. The first-order valence-electron chi connectivity index (χ1n) is 4.50. The molecule has 2 heterocycles. The van der Waals surface area contributed by atoms with Gasteiger partial charge in [0, 0.05) is 5.41 Å². The number of hydrogen-bond donors (Lipinski definition) is 1. The number of nitro groups is 1. The van der Waals surface area contributed by atoms with Crippen LogP contribution in [0, 0.1) is 15.5 Å². The molecule has 7 nitrogen and oxygen atoms in total. The van der Waals surface area contributed by atoms with Gasteiger partial charge in [-0.05, 0) is 0 Å². The first-order valence-corrected chi connectivity index (χ1v) is 4.50. The number of aliphatic hydroxyl groups is 1. The summed E-state index contributed by atoms with van der Waals surface area (Å²) >= 11 is 0. The van der Waals surface area contributed by atoms with Crippen molar-refractivity contribution in [1.29, 1.82) is 0 Å². The number of rotatable bonds is 2. The summed E-state index contributed by atoms with van der Waals surface area (Å²) in [6, 6.07) is 0. The first kappa shape index (κ1) is 9.91. The van der Waals surface area contributed by atoms with Gasteiger partial charge in [0.15, 0.2) is 0 Å². The monoisotopic (exact) mass is 213 g/mol. The third-order valence-electron chi connectivity index (χ3n) is 2.44. The average molecular weight is 213 g/mol. The lowest BCUT2D eigenvalue weighted by molar-refractivity contribution is -0.386. The molecular formula is C8H11N3O4. The van der Waals surface area contributed by atoms with E-state index in [1.165, 1.54) is 10.9 Å². The molecule has 2 rings (SSSR count). The molecule has 0 bridgehead atoms. The Labute approximate surface area is 85.4 Å². The maximum atomic E-state index is 10.6. The van der Waals surface area contributed by atoms with Gasteiger partial charge in [-0.25, -0.2) is 4.68 Å². The molecule has 82 valence electrons. The van der Waals surface area contributed by atoms with Crippen LogP contribution in [0.3, 0.4) is 0 Å². The van der Waals surface area contributed by atoms with Crippen LogP contribution in [0.4, 0.5) is 5.69 Å². The summed E-state index contributed by atoms with van der Waals surface area (Å²) in [6.07, 6.45) is 1.17. The molecular weight excluding hydrogens is 202 g/mol. The highest BCUT2D eigenvalue weighted by Crippen LogP contribution is 2.34. The molecule has 7 heteroatoms. The van der Waals surface area contributed by atoms with Crippen molar-refractivity contribution in [2.45, 2.75) is 13.5 Å². The number of ether oxygens (including phenoxy) is 1. The SMILES string of the molecule is CC1(CO)COc2c([N+](=O)[O-])cnn2C1. The van der Waals surface area contributed by atoms with Gasteiger partial charge in [0.1, 0.15) is 6.20 Å². The third kappa shape index (κ3) is 1.54. The van der Waals surface area contributed by atoms with E-state index in [4.69, 9.17) is 9.84 Å². The van der Waals surface area contributed by atoms with Crippen LogP contribution in [0.25, 0.3) is 0 Å². The van der Waals surface area contributed by atoms with E-state index in [1.54, 1.807) is 0 Å². The van der Waals surface area contributed by atoms with Crippen molar-refractivity contribution in [3.8, 4) is 5.88 Å². The Hall–Kier alpha value is -1.63. The molecule has 15 heavy (non-hydrogen) atoms. The Morgan fingerprint density at radius 3 is 3.20 bits per heavy atom. The Kier molecular flexibility index (Phi) is 2.11. The second kappa shape index (κ2) is 3.20. The van der Waals surface area contributed by atoms with Gasteiger partial charge in [-0.15, -0.1) is 0 Å². The highest BCUT2D eigenvalue weighted by molar-refractivity contribution is 5.39. The smallest absolute Gasteiger partial charge is 0.350 e. The Bertz CT molecular complexity index is 403. The van der Waals surface area contributed by atoms with Crippen LogP contribution < -0.4 is 4.74 Å². The van der Waals surface area contributed by atoms with Crippen molar-refractivity contribution in [3.05, 3.63) is 16.3 Å². The van der Waals surface area contributed by atoms with E-state index in [-0.39, 0.29) is 24.8 Å². The van der Waals surface area contributed by atoms with Gasteiger partial charge >= 0.3 is 5.69 Å². The van der Waals surface area contributed by atoms with Crippen molar-refractivity contribution in [3.63, 3.8) is 0 Å². The normalized spacial score (nSPS) is 24.4. The molecule has 1 aromatic rings. The maximum Gasteiger partial charge on any atom is 0.350 e. The van der Waals surface area contributed by atoms with E-state index in [2.05, 4.69) is 5.10 Å². The number of aliphatic hydroxyl groups excluding tert-OH is 1. The van der Waals surface area contributed by atoms with Crippen molar-refractivity contribution in [1.82, 2.24) is 9.78 Å². The predicted octanol–water partition coefficient (Wildman–Crippen LogP) is 0.182. The third-order valence-corrected chi connectivity index (χ3v) is 2.44. The lowest BCUT2D eigenvalue weighted by Crippen LogP contribution is -2.38. The molecule has 1 N–H and O–H groups in total. The Balaban J connectivity index is 2.34. The minimum atomic E-state index is -0.527. The first-order chi connectivity index (χ1) is 7.06. The van der Waals surface area contributed by atoms with Crippen molar-refractivity contribution >= 4 is 5.69 Å². The highest BCUT2D eigenvalue weighted by atomic mass is 16.6. The summed E-state index contributed by atoms with van der Waals surface area (Å²) in [4.78, 5) is 10.1. The molecule has 0 aliphatic carbocycles.